The molecule has 2 N–H and O–H groups in total. The molecular weight excluding hydrogens is 346 g/mol. The fraction of sp³-hybridized carbons (Fsp3) is 0.0588. The number of primary amides is 1. The normalized spacial score (nSPS) is 10.8. The van der Waals surface area contributed by atoms with Gasteiger partial charge in [0.25, 0.3) is 11.6 Å². The molecule has 8 heteroatoms. The number of non-ortho nitro benzene ring substituents is 1. The van der Waals surface area contributed by atoms with Crippen LogP contribution in [0, 0.1) is 21.4 Å². The molecule has 0 saturated carbocycles. The van der Waals surface area contributed by atoms with Gasteiger partial charge in [0.05, 0.1) is 4.92 Å². The molecular formula is C17H12ClN3O4. The van der Waals surface area contributed by atoms with Crippen LogP contribution in [0.15, 0.2) is 48.0 Å². The van der Waals surface area contributed by atoms with E-state index in [1.54, 1.807) is 30.3 Å². The lowest BCUT2D eigenvalue weighted by molar-refractivity contribution is -0.384. The third-order valence-electron chi connectivity index (χ3n) is 3.20. The van der Waals surface area contributed by atoms with Gasteiger partial charge in [-0.25, -0.2) is 0 Å². The summed E-state index contributed by atoms with van der Waals surface area (Å²) in [6, 6.07) is 12.3. The first-order valence-corrected chi connectivity index (χ1v) is 7.36. The molecule has 0 aliphatic rings. The zero-order valence-electron chi connectivity index (χ0n) is 12.8. The fourth-order valence-electron chi connectivity index (χ4n) is 1.95. The maximum atomic E-state index is 11.2. The minimum absolute atomic E-state index is 0.0148. The molecule has 0 heterocycles. The molecule has 0 aliphatic heterocycles. The number of rotatable bonds is 6. The fourth-order valence-corrected chi connectivity index (χ4v) is 2.13. The molecule has 126 valence electrons. The monoisotopic (exact) mass is 357 g/mol. The quantitative estimate of drug-likeness (QED) is 0.368. The Morgan fingerprint density at radius 2 is 2.00 bits per heavy atom. The molecule has 0 unspecified atom stereocenters. The van der Waals surface area contributed by atoms with Crippen LogP contribution in [0.1, 0.15) is 11.1 Å². The molecule has 0 aromatic heterocycles. The van der Waals surface area contributed by atoms with Crippen LogP contribution in [0.5, 0.6) is 5.75 Å². The number of nitro benzene ring substituents is 1. The Balaban J connectivity index is 2.23. The number of nitriles is 1. The summed E-state index contributed by atoms with van der Waals surface area (Å²) in [7, 11) is 0. The molecule has 0 fully saturated rings. The maximum absolute atomic E-state index is 11.2. The number of ether oxygens (including phenoxy) is 1. The van der Waals surface area contributed by atoms with E-state index < -0.39 is 10.8 Å². The average molecular weight is 358 g/mol. The lowest BCUT2D eigenvalue weighted by Crippen LogP contribution is -2.12. The summed E-state index contributed by atoms with van der Waals surface area (Å²) in [5.41, 5.74) is 6.01. The van der Waals surface area contributed by atoms with E-state index in [0.717, 1.165) is 0 Å². The van der Waals surface area contributed by atoms with Crippen LogP contribution in [-0.2, 0) is 11.4 Å². The molecule has 0 aliphatic carbocycles. The Labute approximate surface area is 148 Å². The standard InChI is InChI=1S/C17H12ClN3O4/c18-14-3-6-16(12(8-14)7-13(9-19)17(20)22)25-10-11-1-4-15(5-2-11)21(23)24/h1-8H,10H2,(H2,20,22)/b13-7+. The van der Waals surface area contributed by atoms with Crippen LogP contribution >= 0.6 is 11.6 Å². The zero-order chi connectivity index (χ0) is 18.4. The van der Waals surface area contributed by atoms with Gasteiger partial charge in [-0.3, -0.25) is 14.9 Å². The van der Waals surface area contributed by atoms with Crippen molar-refractivity contribution in [3.05, 3.63) is 74.3 Å². The summed E-state index contributed by atoms with van der Waals surface area (Å²) in [5, 5.41) is 20.0. The highest BCUT2D eigenvalue weighted by Gasteiger charge is 2.09. The SMILES string of the molecule is N#C/C(=C\c1cc(Cl)ccc1OCc1ccc([N+](=O)[O-])cc1)C(N)=O. The number of carbonyl (C=O) groups is 1. The number of benzene rings is 2. The number of nitrogens with zero attached hydrogens (tertiary/aromatic N) is 2. The van der Waals surface area contributed by atoms with E-state index in [4.69, 9.17) is 27.3 Å². The Bertz CT molecular complexity index is 886. The third-order valence-corrected chi connectivity index (χ3v) is 3.43. The highest BCUT2D eigenvalue weighted by Crippen LogP contribution is 2.26. The van der Waals surface area contributed by atoms with Crippen molar-refractivity contribution in [3.8, 4) is 11.8 Å². The molecule has 2 rings (SSSR count). The van der Waals surface area contributed by atoms with Gasteiger partial charge in [-0.1, -0.05) is 11.6 Å². The molecule has 0 bridgehead atoms. The topological polar surface area (TPSA) is 119 Å². The Kier molecular flexibility index (Phi) is 5.71. The van der Waals surface area contributed by atoms with Gasteiger partial charge in [-0.2, -0.15) is 5.26 Å². The number of carbonyl (C=O) groups excluding carboxylic acids is 1. The molecule has 0 atom stereocenters. The number of amides is 1. The molecule has 1 amide bonds. The number of hydrogen-bond acceptors (Lipinski definition) is 5. The Hall–Kier alpha value is -3.37. The van der Waals surface area contributed by atoms with E-state index >= 15 is 0 Å². The van der Waals surface area contributed by atoms with Gasteiger partial charge in [0.1, 0.15) is 24.0 Å². The van der Waals surface area contributed by atoms with E-state index in [0.29, 0.717) is 21.9 Å². The summed E-state index contributed by atoms with van der Waals surface area (Å²) < 4.78 is 5.67. The van der Waals surface area contributed by atoms with Crippen molar-refractivity contribution >= 4 is 29.3 Å². The first-order valence-electron chi connectivity index (χ1n) is 6.98. The summed E-state index contributed by atoms with van der Waals surface area (Å²) in [5.74, 6) is -0.472. The average Bonchev–Trinajstić information content (AvgIpc) is 2.58. The van der Waals surface area contributed by atoms with Crippen molar-refractivity contribution in [1.29, 1.82) is 5.26 Å². The highest BCUT2D eigenvalue weighted by molar-refractivity contribution is 6.30. The van der Waals surface area contributed by atoms with E-state index in [-0.39, 0.29) is 17.9 Å². The van der Waals surface area contributed by atoms with Gasteiger partial charge >= 0.3 is 0 Å². The third kappa shape index (κ3) is 4.80. The highest BCUT2D eigenvalue weighted by atomic mass is 35.5. The van der Waals surface area contributed by atoms with Gasteiger partial charge in [0.15, 0.2) is 0 Å². The second-order valence-corrected chi connectivity index (χ2v) is 5.36. The molecule has 0 saturated heterocycles. The Morgan fingerprint density at radius 1 is 1.32 bits per heavy atom. The van der Waals surface area contributed by atoms with E-state index in [1.807, 2.05) is 0 Å². The molecule has 25 heavy (non-hydrogen) atoms. The lowest BCUT2D eigenvalue weighted by atomic mass is 10.1. The van der Waals surface area contributed by atoms with Gasteiger partial charge in [-0.05, 0) is 42.0 Å². The molecule has 2 aromatic carbocycles. The predicted octanol–water partition coefficient (Wildman–Crippen LogP) is 3.22. The summed E-state index contributed by atoms with van der Waals surface area (Å²) in [4.78, 5) is 21.4. The first kappa shape index (κ1) is 18.0. The van der Waals surface area contributed by atoms with Gasteiger partial charge in [0, 0.05) is 22.7 Å². The number of halogens is 1. The first-order chi connectivity index (χ1) is 11.9. The van der Waals surface area contributed by atoms with Crippen molar-refractivity contribution < 1.29 is 14.5 Å². The smallest absolute Gasteiger partial charge is 0.269 e. The van der Waals surface area contributed by atoms with E-state index in [1.165, 1.54) is 24.3 Å². The summed E-state index contributed by atoms with van der Waals surface area (Å²) >= 11 is 5.94. The van der Waals surface area contributed by atoms with Crippen molar-refractivity contribution in [2.45, 2.75) is 6.61 Å². The number of hydrogen-bond donors (Lipinski definition) is 1. The van der Waals surface area contributed by atoms with E-state index in [9.17, 15) is 14.9 Å². The maximum Gasteiger partial charge on any atom is 0.269 e. The van der Waals surface area contributed by atoms with Gasteiger partial charge in [0.2, 0.25) is 0 Å². The van der Waals surface area contributed by atoms with Crippen molar-refractivity contribution in [3.63, 3.8) is 0 Å². The largest absolute Gasteiger partial charge is 0.488 e. The molecule has 7 nitrogen and oxygen atoms in total. The van der Waals surface area contributed by atoms with Crippen molar-refractivity contribution in [1.82, 2.24) is 0 Å². The molecule has 0 spiro atoms. The second kappa shape index (κ2) is 7.95. The van der Waals surface area contributed by atoms with Crippen LogP contribution in [-0.4, -0.2) is 10.8 Å². The number of nitro groups is 1. The van der Waals surface area contributed by atoms with E-state index in [2.05, 4.69) is 0 Å². The van der Waals surface area contributed by atoms with Crippen molar-refractivity contribution in [2.24, 2.45) is 5.73 Å². The van der Waals surface area contributed by atoms with Crippen LogP contribution in [0.2, 0.25) is 5.02 Å². The van der Waals surface area contributed by atoms with Gasteiger partial charge < -0.3 is 10.5 Å². The minimum Gasteiger partial charge on any atom is -0.488 e. The Morgan fingerprint density at radius 3 is 2.56 bits per heavy atom. The molecule has 2 aromatic rings. The summed E-state index contributed by atoms with van der Waals surface area (Å²) in [6.45, 7) is 0.138. The second-order valence-electron chi connectivity index (χ2n) is 4.93. The van der Waals surface area contributed by atoms with Crippen LogP contribution in [0.3, 0.4) is 0 Å². The van der Waals surface area contributed by atoms with Crippen LogP contribution in [0.4, 0.5) is 5.69 Å². The minimum atomic E-state index is -0.858. The van der Waals surface area contributed by atoms with Crippen molar-refractivity contribution in [2.75, 3.05) is 0 Å². The van der Waals surface area contributed by atoms with Gasteiger partial charge in [-0.15, -0.1) is 0 Å². The predicted molar refractivity (Wildman–Crippen MR) is 91.7 cm³/mol. The van der Waals surface area contributed by atoms with Crippen LogP contribution in [0.25, 0.3) is 6.08 Å². The number of nitrogens with two attached hydrogens (primary N) is 1. The summed E-state index contributed by atoms with van der Waals surface area (Å²) in [6.07, 6.45) is 1.29. The molecule has 0 radical (unpaired) electrons. The zero-order valence-corrected chi connectivity index (χ0v) is 13.6. The lowest BCUT2D eigenvalue weighted by Gasteiger charge is -2.10. The van der Waals surface area contributed by atoms with Crippen LogP contribution < -0.4 is 10.5 Å².